The van der Waals surface area contributed by atoms with Gasteiger partial charge in [-0.15, -0.1) is 0 Å². The van der Waals surface area contributed by atoms with Crippen LogP contribution in [0.3, 0.4) is 0 Å². The Kier molecular flexibility index (Phi) is 4.84. The number of hydrogen-bond donors (Lipinski definition) is 1. The van der Waals surface area contributed by atoms with Gasteiger partial charge in [0.1, 0.15) is 0 Å². The summed E-state index contributed by atoms with van der Waals surface area (Å²) in [7, 11) is 3.99. The predicted molar refractivity (Wildman–Crippen MR) is 58.7 cm³/mol. The molecule has 1 aliphatic heterocycles. The standard InChI is InChI=1S/C10H21N3O2/c1-12(2)6-7-13-9(3-5-11)4-8-15-10(13)14/h9H,3-8,11H2,1-2H3. The van der Waals surface area contributed by atoms with Gasteiger partial charge < -0.3 is 20.3 Å². The Hall–Kier alpha value is -0.810. The van der Waals surface area contributed by atoms with Crippen LogP contribution in [-0.2, 0) is 4.74 Å². The van der Waals surface area contributed by atoms with Crippen molar-refractivity contribution in [2.45, 2.75) is 18.9 Å². The zero-order valence-corrected chi connectivity index (χ0v) is 9.61. The van der Waals surface area contributed by atoms with Crippen LogP contribution in [0.1, 0.15) is 12.8 Å². The van der Waals surface area contributed by atoms with E-state index in [-0.39, 0.29) is 12.1 Å². The largest absolute Gasteiger partial charge is 0.449 e. The van der Waals surface area contributed by atoms with Crippen molar-refractivity contribution in [2.24, 2.45) is 5.73 Å². The second-order valence-corrected chi connectivity index (χ2v) is 4.13. The first-order valence-electron chi connectivity index (χ1n) is 5.43. The number of carbonyl (C=O) groups is 1. The van der Waals surface area contributed by atoms with Crippen LogP contribution >= 0.6 is 0 Å². The third-order valence-electron chi connectivity index (χ3n) is 2.64. The van der Waals surface area contributed by atoms with Gasteiger partial charge in [0, 0.05) is 25.6 Å². The number of hydrogen-bond acceptors (Lipinski definition) is 4. The Morgan fingerprint density at radius 1 is 1.60 bits per heavy atom. The first-order valence-corrected chi connectivity index (χ1v) is 5.43. The molecule has 1 aliphatic rings. The quantitative estimate of drug-likeness (QED) is 0.707. The zero-order valence-electron chi connectivity index (χ0n) is 9.61. The van der Waals surface area contributed by atoms with Crippen molar-refractivity contribution < 1.29 is 9.53 Å². The molecule has 0 aromatic heterocycles. The fraction of sp³-hybridized carbons (Fsp3) is 0.900. The molecule has 0 aromatic carbocycles. The number of nitrogens with two attached hydrogens (primary N) is 1. The fourth-order valence-corrected chi connectivity index (χ4v) is 1.74. The minimum absolute atomic E-state index is 0.193. The monoisotopic (exact) mass is 215 g/mol. The fourth-order valence-electron chi connectivity index (χ4n) is 1.74. The molecule has 0 bridgehead atoms. The van der Waals surface area contributed by atoms with Gasteiger partial charge in [0.05, 0.1) is 6.61 Å². The molecule has 0 radical (unpaired) electrons. The first kappa shape index (κ1) is 12.3. The van der Waals surface area contributed by atoms with E-state index in [2.05, 4.69) is 4.90 Å². The second kappa shape index (κ2) is 5.92. The molecule has 1 amide bonds. The Morgan fingerprint density at radius 2 is 2.33 bits per heavy atom. The van der Waals surface area contributed by atoms with Crippen LogP contribution in [0.5, 0.6) is 0 Å². The van der Waals surface area contributed by atoms with Gasteiger partial charge >= 0.3 is 6.09 Å². The van der Waals surface area contributed by atoms with Gasteiger partial charge in [-0.1, -0.05) is 0 Å². The molecule has 1 atom stereocenters. The number of amides is 1. The summed E-state index contributed by atoms with van der Waals surface area (Å²) in [4.78, 5) is 15.4. The maximum absolute atomic E-state index is 11.5. The summed E-state index contributed by atoms with van der Waals surface area (Å²) >= 11 is 0. The van der Waals surface area contributed by atoms with Crippen LogP contribution < -0.4 is 5.73 Å². The smallest absolute Gasteiger partial charge is 0.410 e. The molecule has 0 saturated carbocycles. The topological polar surface area (TPSA) is 58.8 Å². The molecule has 88 valence electrons. The summed E-state index contributed by atoms with van der Waals surface area (Å²) in [5.74, 6) is 0. The number of ether oxygens (including phenoxy) is 1. The minimum Gasteiger partial charge on any atom is -0.449 e. The molecule has 0 spiro atoms. The molecule has 0 aromatic rings. The third-order valence-corrected chi connectivity index (χ3v) is 2.64. The summed E-state index contributed by atoms with van der Waals surface area (Å²) in [6.45, 7) is 2.73. The lowest BCUT2D eigenvalue weighted by molar-refractivity contribution is 0.0399. The average molecular weight is 215 g/mol. The van der Waals surface area contributed by atoms with Crippen LogP contribution in [0.2, 0.25) is 0 Å². The maximum Gasteiger partial charge on any atom is 0.410 e. The number of rotatable bonds is 5. The Balaban J connectivity index is 2.48. The van der Waals surface area contributed by atoms with Crippen molar-refractivity contribution in [1.29, 1.82) is 0 Å². The number of nitrogens with zero attached hydrogens (tertiary/aromatic N) is 2. The summed E-state index contributed by atoms with van der Waals surface area (Å²) in [5.41, 5.74) is 5.53. The molecule has 1 rings (SSSR count). The van der Waals surface area contributed by atoms with Crippen LogP contribution in [-0.4, -0.2) is 62.3 Å². The van der Waals surface area contributed by atoms with E-state index in [1.165, 1.54) is 0 Å². The van der Waals surface area contributed by atoms with Crippen LogP contribution in [0.4, 0.5) is 4.79 Å². The van der Waals surface area contributed by atoms with Gasteiger partial charge in [-0.2, -0.15) is 0 Å². The first-order chi connectivity index (χ1) is 7.15. The molecule has 1 saturated heterocycles. The summed E-state index contributed by atoms with van der Waals surface area (Å²) in [6, 6.07) is 0.260. The van der Waals surface area contributed by atoms with Crippen LogP contribution in [0.25, 0.3) is 0 Å². The average Bonchev–Trinajstić information content (AvgIpc) is 2.17. The Morgan fingerprint density at radius 3 is 2.93 bits per heavy atom. The second-order valence-electron chi connectivity index (χ2n) is 4.13. The van der Waals surface area contributed by atoms with Gasteiger partial charge in [0.2, 0.25) is 0 Å². The van der Waals surface area contributed by atoms with Crippen LogP contribution in [0.15, 0.2) is 0 Å². The SMILES string of the molecule is CN(C)CCN1C(=O)OCCC1CCN. The molecule has 2 N–H and O–H groups in total. The molecular formula is C10H21N3O2. The molecule has 1 heterocycles. The zero-order chi connectivity index (χ0) is 11.3. The highest BCUT2D eigenvalue weighted by molar-refractivity contribution is 5.68. The van der Waals surface area contributed by atoms with Crippen molar-refractivity contribution in [3.63, 3.8) is 0 Å². The maximum atomic E-state index is 11.5. The third kappa shape index (κ3) is 3.68. The van der Waals surface area contributed by atoms with E-state index in [0.717, 1.165) is 25.9 Å². The molecular weight excluding hydrogens is 194 g/mol. The van der Waals surface area contributed by atoms with Crippen molar-refractivity contribution >= 4 is 6.09 Å². The molecule has 5 heteroatoms. The minimum atomic E-state index is -0.193. The van der Waals surface area contributed by atoms with E-state index in [1.807, 2.05) is 14.1 Å². The van der Waals surface area contributed by atoms with Gasteiger partial charge in [0.25, 0.3) is 0 Å². The van der Waals surface area contributed by atoms with E-state index in [9.17, 15) is 4.79 Å². The molecule has 0 aliphatic carbocycles. The number of likely N-dealkylation sites (N-methyl/N-ethyl adjacent to an activating group) is 1. The molecule has 5 nitrogen and oxygen atoms in total. The highest BCUT2D eigenvalue weighted by Crippen LogP contribution is 2.15. The van der Waals surface area contributed by atoms with E-state index in [4.69, 9.17) is 10.5 Å². The summed E-state index contributed by atoms with van der Waals surface area (Å²) in [6.07, 6.45) is 1.57. The highest BCUT2D eigenvalue weighted by Gasteiger charge is 2.28. The Labute approximate surface area is 91.2 Å². The number of carbonyl (C=O) groups excluding carboxylic acids is 1. The van der Waals surface area contributed by atoms with Crippen molar-refractivity contribution in [2.75, 3.05) is 40.3 Å². The Bertz CT molecular complexity index is 207. The van der Waals surface area contributed by atoms with Gasteiger partial charge in [-0.3, -0.25) is 0 Å². The van der Waals surface area contributed by atoms with E-state index in [0.29, 0.717) is 13.2 Å². The molecule has 1 unspecified atom stereocenters. The summed E-state index contributed by atoms with van der Waals surface area (Å²) < 4.78 is 5.03. The van der Waals surface area contributed by atoms with E-state index in [1.54, 1.807) is 4.90 Å². The lowest BCUT2D eigenvalue weighted by atomic mass is 10.1. The summed E-state index contributed by atoms with van der Waals surface area (Å²) in [5, 5.41) is 0. The normalized spacial score (nSPS) is 22.0. The van der Waals surface area contributed by atoms with Gasteiger partial charge in [-0.25, -0.2) is 4.79 Å². The van der Waals surface area contributed by atoms with Crippen molar-refractivity contribution in [3.05, 3.63) is 0 Å². The van der Waals surface area contributed by atoms with E-state index >= 15 is 0 Å². The lowest BCUT2D eigenvalue weighted by Gasteiger charge is -2.35. The molecule has 15 heavy (non-hydrogen) atoms. The van der Waals surface area contributed by atoms with Crippen molar-refractivity contribution in [3.8, 4) is 0 Å². The van der Waals surface area contributed by atoms with Gasteiger partial charge in [0.15, 0.2) is 0 Å². The van der Waals surface area contributed by atoms with E-state index < -0.39 is 0 Å². The highest BCUT2D eigenvalue weighted by atomic mass is 16.6. The lowest BCUT2D eigenvalue weighted by Crippen LogP contribution is -2.48. The van der Waals surface area contributed by atoms with Crippen molar-refractivity contribution in [1.82, 2.24) is 9.80 Å². The predicted octanol–water partition coefficient (Wildman–Crippen LogP) is 0.108. The number of cyclic esters (lactones) is 1. The van der Waals surface area contributed by atoms with Gasteiger partial charge in [-0.05, 0) is 27.1 Å². The molecule has 1 fully saturated rings. The van der Waals surface area contributed by atoms with Crippen LogP contribution in [0, 0.1) is 0 Å².